The van der Waals surface area contributed by atoms with Gasteiger partial charge >= 0.3 is 0 Å². The lowest BCUT2D eigenvalue weighted by molar-refractivity contribution is 0.505. The number of rotatable bonds is 5. The third kappa shape index (κ3) is 2.37. The van der Waals surface area contributed by atoms with Crippen molar-refractivity contribution in [2.45, 2.75) is 38.4 Å². The molecule has 1 N–H and O–H groups in total. The summed E-state index contributed by atoms with van der Waals surface area (Å²) >= 11 is 1.70. The topological polar surface area (TPSA) is 55.6 Å². The van der Waals surface area contributed by atoms with Crippen LogP contribution in [0, 0.1) is 0 Å². The Balaban J connectivity index is 1.75. The minimum absolute atomic E-state index is 0.201. The number of hydrogen-bond donors (Lipinski definition) is 1. The second-order valence-electron chi connectivity index (χ2n) is 4.43. The van der Waals surface area contributed by atoms with E-state index in [1.54, 1.807) is 11.3 Å². The molecule has 1 fully saturated rings. The van der Waals surface area contributed by atoms with Gasteiger partial charge in [-0.3, -0.25) is 0 Å². The van der Waals surface area contributed by atoms with Gasteiger partial charge in [-0.25, -0.2) is 4.68 Å². The normalized spacial score (nSPS) is 17.2. The molecule has 0 spiro atoms. The number of aromatic nitrogens is 4. The van der Waals surface area contributed by atoms with Crippen molar-refractivity contribution < 1.29 is 0 Å². The summed E-state index contributed by atoms with van der Waals surface area (Å²) in [7, 11) is 0. The number of hydrogen-bond acceptors (Lipinski definition) is 5. The summed E-state index contributed by atoms with van der Waals surface area (Å²) in [5, 5.41) is 19.6. The third-order valence-corrected chi connectivity index (χ3v) is 3.78. The molecule has 1 unspecified atom stereocenters. The van der Waals surface area contributed by atoms with Crippen molar-refractivity contribution in [2.24, 2.45) is 0 Å². The van der Waals surface area contributed by atoms with Crippen molar-refractivity contribution in [3.63, 3.8) is 0 Å². The zero-order valence-electron chi connectivity index (χ0n) is 9.71. The molecular weight excluding hydrogens is 234 g/mol. The molecule has 0 aromatic carbocycles. The first-order valence-electron chi connectivity index (χ1n) is 5.87. The Kier molecular flexibility index (Phi) is 2.90. The van der Waals surface area contributed by atoms with E-state index in [1.165, 1.54) is 18.4 Å². The number of nitrogens with one attached hydrogen (secondary N) is 1. The Morgan fingerprint density at radius 3 is 3.18 bits per heavy atom. The predicted octanol–water partition coefficient (Wildman–Crippen LogP) is 1.60. The smallest absolute Gasteiger partial charge is 0.165 e. The molecule has 1 saturated carbocycles. The Hall–Kier alpha value is -1.27. The molecule has 2 aromatic heterocycles. The van der Waals surface area contributed by atoms with Gasteiger partial charge in [0.15, 0.2) is 5.82 Å². The number of thiophene rings is 1. The first-order chi connectivity index (χ1) is 8.34. The first kappa shape index (κ1) is 10.9. The van der Waals surface area contributed by atoms with Crippen LogP contribution in [0.4, 0.5) is 0 Å². The Morgan fingerprint density at radius 2 is 2.47 bits per heavy atom. The van der Waals surface area contributed by atoms with Crippen LogP contribution in [0.5, 0.6) is 0 Å². The van der Waals surface area contributed by atoms with E-state index in [9.17, 15) is 0 Å². The molecule has 5 nitrogen and oxygen atoms in total. The highest BCUT2D eigenvalue weighted by atomic mass is 32.1. The molecule has 0 aliphatic heterocycles. The average molecular weight is 249 g/mol. The van der Waals surface area contributed by atoms with Crippen LogP contribution < -0.4 is 5.32 Å². The van der Waals surface area contributed by atoms with E-state index in [1.807, 2.05) is 4.68 Å². The maximum absolute atomic E-state index is 4.09. The van der Waals surface area contributed by atoms with Crippen LogP contribution in [-0.4, -0.2) is 26.2 Å². The summed E-state index contributed by atoms with van der Waals surface area (Å²) in [4.78, 5) is 0. The second kappa shape index (κ2) is 4.54. The van der Waals surface area contributed by atoms with Crippen LogP contribution in [-0.2, 0) is 6.54 Å². The summed E-state index contributed by atoms with van der Waals surface area (Å²) in [6.45, 7) is 2.88. The Morgan fingerprint density at radius 1 is 1.59 bits per heavy atom. The lowest BCUT2D eigenvalue weighted by atomic mass is 10.2. The van der Waals surface area contributed by atoms with Gasteiger partial charge in [-0.15, -0.1) is 5.10 Å². The summed E-state index contributed by atoms with van der Waals surface area (Å²) in [5.41, 5.74) is 1.26. The molecule has 2 heterocycles. The fourth-order valence-electron chi connectivity index (χ4n) is 1.81. The first-order valence-corrected chi connectivity index (χ1v) is 6.81. The highest BCUT2D eigenvalue weighted by Gasteiger charge is 2.22. The SMILES string of the molecule is CC(c1ccsc1)n1nnnc1CNC1CC1. The van der Waals surface area contributed by atoms with E-state index in [0.717, 1.165) is 12.4 Å². The van der Waals surface area contributed by atoms with Crippen molar-refractivity contribution >= 4 is 11.3 Å². The van der Waals surface area contributed by atoms with Gasteiger partial charge in [0.2, 0.25) is 0 Å². The van der Waals surface area contributed by atoms with Crippen LogP contribution >= 0.6 is 11.3 Å². The van der Waals surface area contributed by atoms with Gasteiger partial charge in [-0.05, 0) is 52.6 Å². The van der Waals surface area contributed by atoms with Crippen LogP contribution in [0.25, 0.3) is 0 Å². The minimum atomic E-state index is 0.201. The van der Waals surface area contributed by atoms with Gasteiger partial charge in [0, 0.05) is 6.04 Å². The van der Waals surface area contributed by atoms with Crippen LogP contribution in [0.2, 0.25) is 0 Å². The van der Waals surface area contributed by atoms with E-state index >= 15 is 0 Å². The van der Waals surface area contributed by atoms with Crippen LogP contribution in [0.3, 0.4) is 0 Å². The molecule has 90 valence electrons. The lowest BCUT2D eigenvalue weighted by Gasteiger charge is -2.12. The molecule has 1 aliphatic rings. The van der Waals surface area contributed by atoms with Crippen molar-refractivity contribution in [3.8, 4) is 0 Å². The highest BCUT2D eigenvalue weighted by molar-refractivity contribution is 7.07. The highest BCUT2D eigenvalue weighted by Crippen LogP contribution is 2.21. The average Bonchev–Trinajstić information content (AvgIpc) is 2.86. The summed E-state index contributed by atoms with van der Waals surface area (Å²) in [5.74, 6) is 0.913. The molecule has 2 aromatic rings. The standard InChI is InChI=1S/C11H15N5S/c1-8(9-4-5-17-7-9)16-11(13-14-15-16)6-12-10-2-3-10/h4-5,7-8,10,12H,2-3,6H2,1H3. The molecule has 1 atom stereocenters. The zero-order valence-corrected chi connectivity index (χ0v) is 10.5. The maximum Gasteiger partial charge on any atom is 0.165 e. The fourth-order valence-corrected chi connectivity index (χ4v) is 2.55. The van der Waals surface area contributed by atoms with Gasteiger partial charge in [0.05, 0.1) is 12.6 Å². The van der Waals surface area contributed by atoms with Gasteiger partial charge in [-0.1, -0.05) is 0 Å². The summed E-state index contributed by atoms with van der Waals surface area (Å²) in [6, 6.07) is 3.00. The monoisotopic (exact) mass is 249 g/mol. The Labute approximate surface area is 104 Å². The molecule has 3 rings (SSSR count). The number of tetrazole rings is 1. The molecule has 6 heteroatoms. The molecule has 0 saturated heterocycles. The van der Waals surface area contributed by atoms with Gasteiger partial charge in [0.1, 0.15) is 0 Å². The van der Waals surface area contributed by atoms with Crippen molar-refractivity contribution in [2.75, 3.05) is 0 Å². The third-order valence-electron chi connectivity index (χ3n) is 3.08. The lowest BCUT2D eigenvalue weighted by Crippen LogP contribution is -2.21. The van der Waals surface area contributed by atoms with Crippen LogP contribution in [0.15, 0.2) is 16.8 Å². The minimum Gasteiger partial charge on any atom is -0.307 e. The predicted molar refractivity (Wildman–Crippen MR) is 65.8 cm³/mol. The van der Waals surface area contributed by atoms with Crippen LogP contribution in [0.1, 0.15) is 37.2 Å². The van der Waals surface area contributed by atoms with Gasteiger partial charge in [0.25, 0.3) is 0 Å². The molecule has 0 bridgehead atoms. The Bertz CT molecular complexity index is 474. The van der Waals surface area contributed by atoms with E-state index in [2.05, 4.69) is 44.6 Å². The maximum atomic E-state index is 4.09. The van der Waals surface area contributed by atoms with Crippen molar-refractivity contribution in [1.82, 2.24) is 25.5 Å². The molecule has 0 amide bonds. The van der Waals surface area contributed by atoms with E-state index < -0.39 is 0 Å². The zero-order chi connectivity index (χ0) is 11.7. The fraction of sp³-hybridized carbons (Fsp3) is 0.545. The summed E-state index contributed by atoms with van der Waals surface area (Å²) in [6.07, 6.45) is 2.56. The quantitative estimate of drug-likeness (QED) is 0.874. The van der Waals surface area contributed by atoms with Gasteiger partial charge < -0.3 is 5.32 Å². The van der Waals surface area contributed by atoms with E-state index in [0.29, 0.717) is 6.04 Å². The van der Waals surface area contributed by atoms with E-state index in [4.69, 9.17) is 0 Å². The van der Waals surface area contributed by atoms with Crippen molar-refractivity contribution in [3.05, 3.63) is 28.2 Å². The second-order valence-corrected chi connectivity index (χ2v) is 5.21. The molecule has 1 aliphatic carbocycles. The molecular formula is C11H15N5S. The summed E-state index contributed by atoms with van der Waals surface area (Å²) < 4.78 is 1.90. The van der Waals surface area contributed by atoms with Crippen molar-refractivity contribution in [1.29, 1.82) is 0 Å². The molecule has 17 heavy (non-hydrogen) atoms. The largest absolute Gasteiger partial charge is 0.307 e. The van der Waals surface area contributed by atoms with E-state index in [-0.39, 0.29) is 6.04 Å². The molecule has 0 radical (unpaired) electrons. The van der Waals surface area contributed by atoms with Gasteiger partial charge in [-0.2, -0.15) is 11.3 Å². The number of nitrogens with zero attached hydrogens (tertiary/aromatic N) is 4.